The summed E-state index contributed by atoms with van der Waals surface area (Å²) >= 11 is 0. The summed E-state index contributed by atoms with van der Waals surface area (Å²) in [5, 5.41) is 14.8. The number of rotatable bonds is 10. The molecule has 0 unspecified atom stereocenters. The van der Waals surface area contributed by atoms with Gasteiger partial charge in [-0.15, -0.1) is 0 Å². The van der Waals surface area contributed by atoms with Gasteiger partial charge in [-0.2, -0.15) is 0 Å². The topological polar surface area (TPSA) is 99.0 Å². The number of nitrogens with one attached hydrogen (secondary N) is 1. The van der Waals surface area contributed by atoms with Gasteiger partial charge in [-0.1, -0.05) is 17.7 Å². The highest BCUT2D eigenvalue weighted by atomic mass is 16.5. The Morgan fingerprint density at radius 1 is 1.25 bits per heavy atom. The molecule has 1 aliphatic heterocycles. The molecule has 8 heteroatoms. The van der Waals surface area contributed by atoms with Gasteiger partial charge in [0, 0.05) is 42.8 Å². The monoisotopic (exact) mass is 492 g/mol. The number of phenolic OH excluding ortho intramolecular Hbond substituents is 1. The normalized spacial score (nSPS) is 13.1. The number of allylic oxidation sites excluding steroid dienone is 2. The first-order valence-electron chi connectivity index (χ1n) is 12.0. The number of phenols is 1. The van der Waals surface area contributed by atoms with Crippen LogP contribution in [0.3, 0.4) is 0 Å². The van der Waals surface area contributed by atoms with Gasteiger partial charge < -0.3 is 29.2 Å². The molecule has 190 valence electrons. The minimum Gasteiger partial charge on any atom is -0.507 e. The Bertz CT molecular complexity index is 1340. The van der Waals surface area contributed by atoms with Crippen molar-refractivity contribution in [1.82, 2.24) is 4.57 Å². The molecule has 8 nitrogen and oxygen atoms in total. The molecule has 0 radical (unpaired) electrons. The van der Waals surface area contributed by atoms with Crippen LogP contribution >= 0.6 is 0 Å². The maximum absolute atomic E-state index is 12.7. The lowest BCUT2D eigenvalue weighted by molar-refractivity contribution is -0.116. The number of carbonyl (C=O) groups excluding carboxylic acids is 2. The van der Waals surface area contributed by atoms with E-state index in [1.54, 1.807) is 14.2 Å². The third-order valence-electron chi connectivity index (χ3n) is 6.67. The second-order valence-electron chi connectivity index (χ2n) is 8.96. The number of aromatic nitrogens is 1. The van der Waals surface area contributed by atoms with Gasteiger partial charge in [-0.05, 0) is 50.5 Å². The van der Waals surface area contributed by atoms with E-state index < -0.39 is 5.97 Å². The van der Waals surface area contributed by atoms with Crippen LogP contribution in [0.15, 0.2) is 42.1 Å². The van der Waals surface area contributed by atoms with E-state index in [4.69, 9.17) is 14.2 Å². The first-order valence-corrected chi connectivity index (χ1v) is 12.0. The summed E-state index contributed by atoms with van der Waals surface area (Å²) in [6.07, 6.45) is 5.20. The SMILES string of the molecule is COCCn1ccc2c(NC(=O)CC/C(C)=C/Cc3c(O)c4c(c(C)c3OC)COC4=O)cccc21. The Labute approximate surface area is 210 Å². The summed E-state index contributed by atoms with van der Waals surface area (Å²) in [5.41, 5.74) is 5.05. The highest BCUT2D eigenvalue weighted by Gasteiger charge is 2.31. The number of benzene rings is 2. The summed E-state index contributed by atoms with van der Waals surface area (Å²) in [6, 6.07) is 7.86. The Morgan fingerprint density at radius 2 is 2.06 bits per heavy atom. The molecule has 3 aromatic rings. The van der Waals surface area contributed by atoms with Gasteiger partial charge in [0.05, 0.1) is 24.9 Å². The molecule has 0 aliphatic carbocycles. The molecule has 0 atom stereocenters. The van der Waals surface area contributed by atoms with Crippen LogP contribution in [-0.2, 0) is 33.8 Å². The van der Waals surface area contributed by atoms with E-state index in [1.807, 2.05) is 50.4 Å². The molecule has 0 bridgehead atoms. The molecule has 0 fully saturated rings. The molecule has 0 saturated heterocycles. The third kappa shape index (κ3) is 4.95. The lowest BCUT2D eigenvalue weighted by Crippen LogP contribution is -2.11. The van der Waals surface area contributed by atoms with Gasteiger partial charge >= 0.3 is 5.97 Å². The second-order valence-corrected chi connectivity index (χ2v) is 8.96. The number of methoxy groups -OCH3 is 2. The summed E-state index contributed by atoms with van der Waals surface area (Å²) in [5.74, 6) is -0.133. The number of ether oxygens (including phenoxy) is 3. The van der Waals surface area contributed by atoms with Gasteiger partial charge in [-0.3, -0.25) is 4.79 Å². The standard InChI is InChI=1S/C28H32N2O6/c1-17(8-10-20-26(32)25-21(16-36-28(25)33)18(2)27(20)35-4)9-11-24(31)29-22-6-5-7-23-19(22)12-13-30(23)14-15-34-3/h5-8,12-13,32H,9-11,14-16H2,1-4H3,(H,29,31)/b17-8+. The molecule has 0 spiro atoms. The zero-order valence-electron chi connectivity index (χ0n) is 21.1. The van der Waals surface area contributed by atoms with Crippen molar-refractivity contribution in [2.24, 2.45) is 0 Å². The number of cyclic esters (lactones) is 1. The van der Waals surface area contributed by atoms with Crippen LogP contribution in [0.25, 0.3) is 10.9 Å². The Kier molecular flexibility index (Phi) is 7.64. The fraction of sp³-hybridized carbons (Fsp3) is 0.357. The number of carbonyl (C=O) groups is 2. The molecule has 2 N–H and O–H groups in total. The summed E-state index contributed by atoms with van der Waals surface area (Å²) < 4.78 is 17.9. The average Bonchev–Trinajstić information content (AvgIpc) is 3.47. The van der Waals surface area contributed by atoms with Crippen molar-refractivity contribution in [2.45, 2.75) is 46.3 Å². The number of fused-ring (bicyclic) bond motifs is 2. The first kappa shape index (κ1) is 25.3. The van der Waals surface area contributed by atoms with E-state index in [2.05, 4.69) is 9.88 Å². The second kappa shape index (κ2) is 10.9. The molecule has 1 amide bonds. The van der Waals surface area contributed by atoms with Crippen molar-refractivity contribution >= 4 is 28.5 Å². The average molecular weight is 493 g/mol. The Morgan fingerprint density at radius 3 is 2.81 bits per heavy atom. The first-order chi connectivity index (χ1) is 17.3. The number of aromatic hydroxyl groups is 1. The van der Waals surface area contributed by atoms with Crippen molar-refractivity contribution in [3.8, 4) is 11.5 Å². The molecule has 36 heavy (non-hydrogen) atoms. The molecule has 4 rings (SSSR count). The van der Waals surface area contributed by atoms with Gasteiger partial charge in [-0.25, -0.2) is 4.79 Å². The molecule has 0 saturated carbocycles. The van der Waals surface area contributed by atoms with E-state index in [-0.39, 0.29) is 23.8 Å². The number of hydrogen-bond acceptors (Lipinski definition) is 6. The van der Waals surface area contributed by atoms with E-state index in [9.17, 15) is 14.7 Å². The quantitative estimate of drug-likeness (QED) is 0.309. The van der Waals surface area contributed by atoms with Crippen molar-refractivity contribution in [3.63, 3.8) is 0 Å². The maximum Gasteiger partial charge on any atom is 0.342 e. The summed E-state index contributed by atoms with van der Waals surface area (Å²) in [7, 11) is 3.22. The minimum atomic E-state index is -0.518. The predicted molar refractivity (Wildman–Crippen MR) is 138 cm³/mol. The lowest BCUT2D eigenvalue weighted by Gasteiger charge is -2.15. The van der Waals surface area contributed by atoms with Crippen LogP contribution in [0.1, 0.15) is 46.8 Å². The van der Waals surface area contributed by atoms with E-state index >= 15 is 0 Å². The number of hydrogen-bond donors (Lipinski definition) is 2. The van der Waals surface area contributed by atoms with Crippen LogP contribution in [0, 0.1) is 6.92 Å². The fourth-order valence-electron chi connectivity index (χ4n) is 4.65. The van der Waals surface area contributed by atoms with Gasteiger partial charge in [0.2, 0.25) is 5.91 Å². The number of nitrogens with zero attached hydrogens (tertiary/aromatic N) is 1. The highest BCUT2D eigenvalue weighted by molar-refractivity contribution is 6.01. The number of esters is 1. The Balaban J connectivity index is 1.41. The molecule has 2 heterocycles. The Hall–Kier alpha value is -3.78. The van der Waals surface area contributed by atoms with Crippen LogP contribution in [0.2, 0.25) is 0 Å². The fourth-order valence-corrected chi connectivity index (χ4v) is 4.65. The van der Waals surface area contributed by atoms with Gasteiger partial charge in [0.25, 0.3) is 0 Å². The van der Waals surface area contributed by atoms with E-state index in [1.165, 1.54) is 0 Å². The molecule has 1 aromatic heterocycles. The van der Waals surface area contributed by atoms with Crippen LogP contribution in [-0.4, -0.2) is 42.4 Å². The summed E-state index contributed by atoms with van der Waals surface area (Å²) in [4.78, 5) is 24.8. The smallest absolute Gasteiger partial charge is 0.342 e. The van der Waals surface area contributed by atoms with Crippen molar-refractivity contribution < 1.29 is 28.9 Å². The minimum absolute atomic E-state index is 0.0727. The largest absolute Gasteiger partial charge is 0.507 e. The molecule has 2 aromatic carbocycles. The van der Waals surface area contributed by atoms with Crippen molar-refractivity contribution in [2.75, 3.05) is 26.1 Å². The summed E-state index contributed by atoms with van der Waals surface area (Å²) in [6.45, 7) is 5.30. The zero-order valence-corrected chi connectivity index (χ0v) is 21.1. The van der Waals surface area contributed by atoms with Crippen molar-refractivity contribution in [3.05, 3.63) is 64.4 Å². The predicted octanol–water partition coefficient (Wildman–Crippen LogP) is 4.89. The molecule has 1 aliphatic rings. The third-order valence-corrected chi connectivity index (χ3v) is 6.67. The van der Waals surface area contributed by atoms with Crippen LogP contribution in [0.4, 0.5) is 5.69 Å². The van der Waals surface area contributed by atoms with E-state index in [0.717, 1.165) is 34.3 Å². The highest BCUT2D eigenvalue weighted by Crippen LogP contribution is 2.42. The van der Waals surface area contributed by atoms with Crippen molar-refractivity contribution in [1.29, 1.82) is 0 Å². The van der Waals surface area contributed by atoms with Crippen LogP contribution in [0.5, 0.6) is 11.5 Å². The van der Waals surface area contributed by atoms with E-state index in [0.29, 0.717) is 42.7 Å². The van der Waals surface area contributed by atoms with Gasteiger partial charge in [0.1, 0.15) is 23.7 Å². The van der Waals surface area contributed by atoms with Gasteiger partial charge in [0.15, 0.2) is 0 Å². The number of amides is 1. The lowest BCUT2D eigenvalue weighted by atomic mass is 9.94. The molecular weight excluding hydrogens is 460 g/mol. The zero-order chi connectivity index (χ0) is 25.8. The maximum atomic E-state index is 12.7. The van der Waals surface area contributed by atoms with Crippen LogP contribution < -0.4 is 10.1 Å². The molecular formula is C28H32N2O6. The number of anilines is 1.